The van der Waals surface area contributed by atoms with E-state index in [1.165, 1.54) is 27.6 Å². The molecule has 0 saturated carbocycles. The van der Waals surface area contributed by atoms with Crippen LogP contribution in [-0.2, 0) is 6.54 Å². The van der Waals surface area contributed by atoms with Gasteiger partial charge >= 0.3 is 0 Å². The van der Waals surface area contributed by atoms with Crippen LogP contribution in [0.25, 0.3) is 28.1 Å². The smallest absolute Gasteiger partial charge is 0.0492 e. The maximum Gasteiger partial charge on any atom is 0.0492 e. The van der Waals surface area contributed by atoms with E-state index < -0.39 is 0 Å². The Bertz CT molecular complexity index is 767. The van der Waals surface area contributed by atoms with E-state index in [0.29, 0.717) is 5.92 Å². The molecule has 21 heavy (non-hydrogen) atoms. The van der Waals surface area contributed by atoms with Crippen LogP contribution in [0.5, 0.6) is 0 Å². The van der Waals surface area contributed by atoms with Crippen LogP contribution in [0.15, 0.2) is 55.5 Å². The van der Waals surface area contributed by atoms with Gasteiger partial charge < -0.3 is 4.57 Å². The molecule has 0 aliphatic rings. The minimum absolute atomic E-state index is 0.614. The molecule has 0 atom stereocenters. The average Bonchev–Trinajstić information content (AvgIpc) is 2.85. The second-order valence-corrected chi connectivity index (χ2v) is 5.80. The van der Waals surface area contributed by atoms with Crippen LogP contribution in [0.3, 0.4) is 0 Å². The monoisotopic (exact) mass is 276 g/mol. The predicted molar refractivity (Wildman–Crippen MR) is 90.1 cm³/mol. The van der Waals surface area contributed by atoms with Crippen molar-refractivity contribution >= 4 is 17.0 Å². The van der Waals surface area contributed by atoms with E-state index in [4.69, 9.17) is 0 Å². The maximum absolute atomic E-state index is 4.09. The second kappa shape index (κ2) is 5.57. The third kappa shape index (κ3) is 2.62. The van der Waals surface area contributed by atoms with Crippen LogP contribution < -0.4 is 0 Å². The topological polar surface area (TPSA) is 17.8 Å². The lowest BCUT2D eigenvalue weighted by Crippen LogP contribution is -2.02. The Labute approximate surface area is 125 Å². The van der Waals surface area contributed by atoms with Gasteiger partial charge in [-0.05, 0) is 40.8 Å². The maximum atomic E-state index is 4.09. The molecule has 0 radical (unpaired) electrons. The standard InChI is InChI=1S/C19H20N2/c1-4-15-13-21(12-14(2)3)19-11-17(5-6-18(15)19)16-7-9-20-10-8-16/h4-11,13-14H,1,12H2,2-3H3. The summed E-state index contributed by atoms with van der Waals surface area (Å²) in [4.78, 5) is 4.09. The Kier molecular flexibility index (Phi) is 3.61. The van der Waals surface area contributed by atoms with E-state index in [-0.39, 0.29) is 0 Å². The largest absolute Gasteiger partial charge is 0.347 e. The Morgan fingerprint density at radius 1 is 1.14 bits per heavy atom. The molecule has 0 saturated heterocycles. The Hall–Kier alpha value is -2.35. The molecule has 0 N–H and O–H groups in total. The Morgan fingerprint density at radius 2 is 1.90 bits per heavy atom. The highest BCUT2D eigenvalue weighted by Crippen LogP contribution is 2.28. The van der Waals surface area contributed by atoms with Gasteiger partial charge in [0.1, 0.15) is 0 Å². The second-order valence-electron chi connectivity index (χ2n) is 5.80. The summed E-state index contributed by atoms with van der Waals surface area (Å²) in [5.74, 6) is 0.614. The zero-order chi connectivity index (χ0) is 14.8. The minimum Gasteiger partial charge on any atom is -0.347 e. The molecule has 3 rings (SSSR count). The Morgan fingerprint density at radius 3 is 2.57 bits per heavy atom. The SMILES string of the molecule is C=Cc1cn(CC(C)C)c2cc(-c3ccncc3)ccc12. The zero-order valence-electron chi connectivity index (χ0n) is 12.6. The summed E-state index contributed by atoms with van der Waals surface area (Å²) in [6, 6.07) is 10.7. The van der Waals surface area contributed by atoms with Gasteiger partial charge in [0.25, 0.3) is 0 Å². The van der Waals surface area contributed by atoms with Gasteiger partial charge in [0.2, 0.25) is 0 Å². The van der Waals surface area contributed by atoms with Crippen molar-refractivity contribution in [2.75, 3.05) is 0 Å². The van der Waals surface area contributed by atoms with Crippen LogP contribution in [0, 0.1) is 5.92 Å². The van der Waals surface area contributed by atoms with Crippen molar-refractivity contribution in [3.63, 3.8) is 0 Å². The molecular formula is C19H20N2. The fourth-order valence-electron chi connectivity index (χ4n) is 2.75. The number of aromatic nitrogens is 2. The highest BCUT2D eigenvalue weighted by Gasteiger charge is 2.09. The molecule has 0 fully saturated rings. The molecule has 0 spiro atoms. The van der Waals surface area contributed by atoms with Crippen LogP contribution in [0.1, 0.15) is 19.4 Å². The number of nitrogens with zero attached hydrogens (tertiary/aromatic N) is 2. The highest BCUT2D eigenvalue weighted by atomic mass is 15.0. The van der Waals surface area contributed by atoms with Gasteiger partial charge in [-0.1, -0.05) is 38.6 Å². The Balaban J connectivity index is 2.17. The fourth-order valence-corrected chi connectivity index (χ4v) is 2.75. The lowest BCUT2D eigenvalue weighted by atomic mass is 10.0. The third-order valence-corrected chi connectivity index (χ3v) is 3.71. The molecular weight excluding hydrogens is 256 g/mol. The van der Waals surface area contributed by atoms with Crippen LogP contribution in [0.2, 0.25) is 0 Å². The van der Waals surface area contributed by atoms with Gasteiger partial charge in [0.15, 0.2) is 0 Å². The van der Waals surface area contributed by atoms with Crippen LogP contribution in [-0.4, -0.2) is 9.55 Å². The average molecular weight is 276 g/mol. The molecule has 2 heteroatoms. The molecule has 0 unspecified atom stereocenters. The zero-order valence-corrected chi connectivity index (χ0v) is 12.6. The predicted octanol–water partition coefficient (Wildman–Crippen LogP) is 5.00. The third-order valence-electron chi connectivity index (χ3n) is 3.71. The van der Waals surface area contributed by atoms with Gasteiger partial charge in [-0.2, -0.15) is 0 Å². The van der Waals surface area contributed by atoms with Crippen LogP contribution >= 0.6 is 0 Å². The van der Waals surface area contributed by atoms with Gasteiger partial charge in [0, 0.05) is 36.0 Å². The lowest BCUT2D eigenvalue weighted by molar-refractivity contribution is 0.535. The van der Waals surface area contributed by atoms with E-state index in [2.05, 4.69) is 54.4 Å². The quantitative estimate of drug-likeness (QED) is 0.655. The summed E-state index contributed by atoms with van der Waals surface area (Å²) in [6.07, 6.45) is 7.81. The number of pyridine rings is 1. The van der Waals surface area contributed by atoms with Crippen molar-refractivity contribution < 1.29 is 0 Å². The summed E-state index contributed by atoms with van der Waals surface area (Å²) in [5.41, 5.74) is 4.90. The van der Waals surface area contributed by atoms with Gasteiger partial charge in [-0.15, -0.1) is 0 Å². The lowest BCUT2D eigenvalue weighted by Gasteiger charge is -2.09. The molecule has 0 amide bonds. The number of fused-ring (bicyclic) bond motifs is 1. The van der Waals surface area contributed by atoms with Crippen LogP contribution in [0.4, 0.5) is 0 Å². The van der Waals surface area contributed by atoms with E-state index >= 15 is 0 Å². The normalized spacial score (nSPS) is 11.2. The summed E-state index contributed by atoms with van der Waals surface area (Å²) < 4.78 is 2.34. The van der Waals surface area contributed by atoms with Gasteiger partial charge in [-0.3, -0.25) is 4.98 Å². The summed E-state index contributed by atoms with van der Waals surface area (Å²) >= 11 is 0. The van der Waals surface area contributed by atoms with E-state index in [1.54, 1.807) is 0 Å². The molecule has 2 aromatic heterocycles. The van der Waals surface area contributed by atoms with Crippen molar-refractivity contribution in [3.8, 4) is 11.1 Å². The number of rotatable bonds is 4. The molecule has 3 aromatic rings. The highest BCUT2D eigenvalue weighted by molar-refractivity contribution is 5.92. The number of benzene rings is 1. The minimum atomic E-state index is 0.614. The first-order chi connectivity index (χ1) is 10.2. The molecule has 2 heterocycles. The summed E-state index contributed by atoms with van der Waals surface area (Å²) in [5, 5.41) is 1.27. The first-order valence-corrected chi connectivity index (χ1v) is 7.35. The number of hydrogen-bond donors (Lipinski definition) is 0. The molecule has 0 bridgehead atoms. The molecule has 106 valence electrons. The van der Waals surface area contributed by atoms with Crippen molar-refractivity contribution in [2.24, 2.45) is 5.92 Å². The van der Waals surface area contributed by atoms with E-state index in [1.807, 2.05) is 30.6 Å². The van der Waals surface area contributed by atoms with Gasteiger partial charge in [0.05, 0.1) is 0 Å². The number of hydrogen-bond acceptors (Lipinski definition) is 1. The van der Waals surface area contributed by atoms with E-state index in [0.717, 1.165) is 6.54 Å². The molecule has 0 aliphatic heterocycles. The summed E-state index contributed by atoms with van der Waals surface area (Å²) in [6.45, 7) is 9.43. The first kappa shape index (κ1) is 13.6. The van der Waals surface area contributed by atoms with Crippen molar-refractivity contribution in [3.05, 3.63) is 61.1 Å². The summed E-state index contributed by atoms with van der Waals surface area (Å²) in [7, 11) is 0. The fraction of sp³-hybridized carbons (Fsp3) is 0.211. The molecule has 1 aromatic carbocycles. The van der Waals surface area contributed by atoms with Crippen molar-refractivity contribution in [2.45, 2.75) is 20.4 Å². The molecule has 0 aliphatic carbocycles. The molecule has 2 nitrogen and oxygen atoms in total. The van der Waals surface area contributed by atoms with Crippen molar-refractivity contribution in [1.82, 2.24) is 9.55 Å². The van der Waals surface area contributed by atoms with E-state index in [9.17, 15) is 0 Å². The van der Waals surface area contributed by atoms with Gasteiger partial charge in [-0.25, -0.2) is 0 Å². The first-order valence-electron chi connectivity index (χ1n) is 7.35. The van der Waals surface area contributed by atoms with Crippen molar-refractivity contribution in [1.29, 1.82) is 0 Å².